The monoisotopic (exact) mass is 257 g/mol. The lowest BCUT2D eigenvalue weighted by atomic mass is 9.85. The summed E-state index contributed by atoms with van der Waals surface area (Å²) >= 11 is 0. The van der Waals surface area contributed by atoms with E-state index in [9.17, 15) is 14.4 Å². The van der Waals surface area contributed by atoms with E-state index in [1.54, 1.807) is 20.8 Å². The van der Waals surface area contributed by atoms with Gasteiger partial charge in [-0.2, -0.15) is 0 Å². The molecule has 18 heavy (non-hydrogen) atoms. The first-order chi connectivity index (χ1) is 8.19. The molecular formula is C12H19NO5. The van der Waals surface area contributed by atoms with Crippen molar-refractivity contribution in [3.63, 3.8) is 0 Å². The summed E-state index contributed by atoms with van der Waals surface area (Å²) in [6, 6.07) is -0.755. The molecule has 1 fully saturated rings. The molecule has 2 unspecified atom stereocenters. The number of carbonyl (C=O) groups is 3. The third kappa shape index (κ3) is 4.35. The fraction of sp³-hybridized carbons (Fsp3) is 0.750. The van der Waals surface area contributed by atoms with Gasteiger partial charge in [-0.05, 0) is 33.6 Å². The molecule has 0 heterocycles. The summed E-state index contributed by atoms with van der Waals surface area (Å²) in [5.41, 5.74) is -0.645. The SMILES string of the molecule is CC(C)(C)OC(=O)NC1CC(C(=O)O)CCC1=O. The summed E-state index contributed by atoms with van der Waals surface area (Å²) in [5, 5.41) is 11.3. The van der Waals surface area contributed by atoms with Gasteiger partial charge in [0.05, 0.1) is 12.0 Å². The van der Waals surface area contributed by atoms with Crippen LogP contribution in [0.4, 0.5) is 4.79 Å². The number of alkyl carbamates (subject to hydrolysis) is 1. The summed E-state index contributed by atoms with van der Waals surface area (Å²) in [5.74, 6) is -1.65. The van der Waals surface area contributed by atoms with E-state index in [4.69, 9.17) is 9.84 Å². The normalized spacial score (nSPS) is 24.5. The van der Waals surface area contributed by atoms with E-state index in [2.05, 4.69) is 5.32 Å². The predicted molar refractivity (Wildman–Crippen MR) is 63.1 cm³/mol. The van der Waals surface area contributed by atoms with Crippen molar-refractivity contribution in [2.24, 2.45) is 5.92 Å². The third-order valence-corrected chi connectivity index (χ3v) is 2.69. The first-order valence-electron chi connectivity index (χ1n) is 5.94. The fourth-order valence-electron chi connectivity index (χ4n) is 1.84. The molecule has 0 spiro atoms. The van der Waals surface area contributed by atoms with Crippen molar-refractivity contribution in [3.05, 3.63) is 0 Å². The zero-order valence-corrected chi connectivity index (χ0v) is 10.9. The van der Waals surface area contributed by atoms with Gasteiger partial charge in [0.15, 0.2) is 5.78 Å². The third-order valence-electron chi connectivity index (χ3n) is 2.69. The Balaban J connectivity index is 2.56. The van der Waals surface area contributed by atoms with Crippen molar-refractivity contribution in [3.8, 4) is 0 Å². The zero-order chi connectivity index (χ0) is 13.9. The molecule has 1 rings (SSSR count). The summed E-state index contributed by atoms with van der Waals surface area (Å²) in [6.45, 7) is 5.15. The second kappa shape index (κ2) is 5.37. The second-order valence-electron chi connectivity index (χ2n) is 5.47. The number of hydrogen-bond acceptors (Lipinski definition) is 4. The van der Waals surface area contributed by atoms with E-state index in [-0.39, 0.29) is 18.6 Å². The quantitative estimate of drug-likeness (QED) is 0.778. The highest BCUT2D eigenvalue weighted by Crippen LogP contribution is 2.22. The van der Waals surface area contributed by atoms with Crippen LogP contribution >= 0.6 is 0 Å². The Morgan fingerprint density at radius 1 is 1.39 bits per heavy atom. The van der Waals surface area contributed by atoms with Gasteiger partial charge in [0.25, 0.3) is 0 Å². The minimum absolute atomic E-state index is 0.132. The van der Waals surface area contributed by atoms with Gasteiger partial charge >= 0.3 is 12.1 Å². The lowest BCUT2D eigenvalue weighted by Gasteiger charge is -2.27. The fourth-order valence-corrected chi connectivity index (χ4v) is 1.84. The Morgan fingerprint density at radius 3 is 2.50 bits per heavy atom. The van der Waals surface area contributed by atoms with Crippen LogP contribution in [0.3, 0.4) is 0 Å². The molecule has 0 aromatic carbocycles. The summed E-state index contributed by atoms with van der Waals surface area (Å²) in [7, 11) is 0. The number of amides is 1. The van der Waals surface area contributed by atoms with Gasteiger partial charge in [0, 0.05) is 6.42 Å². The van der Waals surface area contributed by atoms with Gasteiger partial charge < -0.3 is 15.2 Å². The maximum Gasteiger partial charge on any atom is 0.408 e. The largest absolute Gasteiger partial charge is 0.481 e. The van der Waals surface area contributed by atoms with Crippen molar-refractivity contribution >= 4 is 17.8 Å². The van der Waals surface area contributed by atoms with E-state index in [0.29, 0.717) is 6.42 Å². The molecule has 0 radical (unpaired) electrons. The number of hydrogen-bond donors (Lipinski definition) is 2. The second-order valence-corrected chi connectivity index (χ2v) is 5.47. The van der Waals surface area contributed by atoms with Crippen molar-refractivity contribution in [1.29, 1.82) is 0 Å². The molecule has 6 nitrogen and oxygen atoms in total. The molecule has 0 bridgehead atoms. The summed E-state index contributed by atoms with van der Waals surface area (Å²) in [4.78, 5) is 34.0. The highest BCUT2D eigenvalue weighted by atomic mass is 16.6. The smallest absolute Gasteiger partial charge is 0.408 e. The highest BCUT2D eigenvalue weighted by molar-refractivity contribution is 5.89. The van der Waals surface area contributed by atoms with Crippen molar-refractivity contribution in [2.75, 3.05) is 0 Å². The predicted octanol–water partition coefficient (Wildman–Crippen LogP) is 1.33. The Morgan fingerprint density at radius 2 is 2.00 bits per heavy atom. The molecule has 102 valence electrons. The van der Waals surface area contributed by atoms with Gasteiger partial charge in [-0.25, -0.2) is 4.79 Å². The van der Waals surface area contributed by atoms with Crippen LogP contribution in [0, 0.1) is 5.92 Å². The Kier molecular flexibility index (Phi) is 4.32. The molecular weight excluding hydrogens is 238 g/mol. The molecule has 2 N–H and O–H groups in total. The molecule has 1 amide bonds. The molecule has 0 aromatic heterocycles. The van der Waals surface area contributed by atoms with Crippen LogP contribution in [0.2, 0.25) is 0 Å². The lowest BCUT2D eigenvalue weighted by molar-refractivity contribution is -0.144. The lowest BCUT2D eigenvalue weighted by Crippen LogP contribution is -2.47. The Bertz CT molecular complexity index is 358. The average Bonchev–Trinajstić information content (AvgIpc) is 2.18. The molecule has 0 aliphatic heterocycles. The van der Waals surface area contributed by atoms with E-state index >= 15 is 0 Å². The number of rotatable bonds is 2. The van der Waals surface area contributed by atoms with Crippen molar-refractivity contribution < 1.29 is 24.2 Å². The van der Waals surface area contributed by atoms with E-state index in [0.717, 1.165) is 0 Å². The molecule has 2 atom stereocenters. The van der Waals surface area contributed by atoms with E-state index in [1.165, 1.54) is 0 Å². The number of ketones is 1. The Hall–Kier alpha value is -1.59. The standard InChI is InChI=1S/C12H19NO5/c1-12(2,3)18-11(17)13-8-6-7(10(15)16)4-5-9(8)14/h7-8H,4-6H2,1-3H3,(H,13,17)(H,15,16). The van der Waals surface area contributed by atoms with Crippen LogP contribution in [-0.4, -0.2) is 34.6 Å². The molecule has 0 saturated heterocycles. The highest BCUT2D eigenvalue weighted by Gasteiger charge is 2.34. The van der Waals surface area contributed by atoms with Crippen molar-refractivity contribution in [2.45, 2.75) is 51.7 Å². The molecule has 0 aromatic rings. The van der Waals surface area contributed by atoms with Gasteiger partial charge in [0.1, 0.15) is 5.60 Å². The molecule has 1 aliphatic carbocycles. The van der Waals surface area contributed by atoms with Gasteiger partial charge in [-0.15, -0.1) is 0 Å². The molecule has 6 heteroatoms. The average molecular weight is 257 g/mol. The number of carbonyl (C=O) groups excluding carboxylic acids is 2. The number of nitrogens with one attached hydrogen (secondary N) is 1. The van der Waals surface area contributed by atoms with Crippen molar-refractivity contribution in [1.82, 2.24) is 5.32 Å². The van der Waals surface area contributed by atoms with Crippen LogP contribution in [0.5, 0.6) is 0 Å². The van der Waals surface area contributed by atoms with Crippen LogP contribution in [0.25, 0.3) is 0 Å². The number of carboxylic acids is 1. The van der Waals surface area contributed by atoms with Gasteiger partial charge in [0.2, 0.25) is 0 Å². The van der Waals surface area contributed by atoms with Gasteiger partial charge in [-0.3, -0.25) is 9.59 Å². The maximum absolute atomic E-state index is 11.6. The first kappa shape index (κ1) is 14.5. The minimum atomic E-state index is -0.932. The van der Waals surface area contributed by atoms with Crippen LogP contribution < -0.4 is 5.32 Å². The Labute approximate surface area is 106 Å². The zero-order valence-electron chi connectivity index (χ0n) is 10.9. The molecule has 1 saturated carbocycles. The minimum Gasteiger partial charge on any atom is -0.481 e. The van der Waals surface area contributed by atoms with Gasteiger partial charge in [-0.1, -0.05) is 0 Å². The van der Waals surface area contributed by atoms with E-state index < -0.39 is 29.6 Å². The number of aliphatic carboxylic acids is 1. The first-order valence-corrected chi connectivity index (χ1v) is 5.94. The maximum atomic E-state index is 11.6. The van der Waals surface area contributed by atoms with Crippen LogP contribution in [-0.2, 0) is 14.3 Å². The number of Topliss-reactive ketones (excluding diaryl/α,β-unsaturated/α-hetero) is 1. The number of carboxylic acid groups (broad SMARTS) is 1. The summed E-state index contributed by atoms with van der Waals surface area (Å²) < 4.78 is 5.03. The van der Waals surface area contributed by atoms with E-state index in [1.807, 2.05) is 0 Å². The number of ether oxygens (including phenoxy) is 1. The van der Waals surface area contributed by atoms with Crippen LogP contribution in [0.1, 0.15) is 40.0 Å². The molecule has 1 aliphatic rings. The van der Waals surface area contributed by atoms with Crippen LogP contribution in [0.15, 0.2) is 0 Å². The topological polar surface area (TPSA) is 92.7 Å². The summed E-state index contributed by atoms with van der Waals surface area (Å²) in [6.07, 6.45) is -0.0437.